The molecule has 2 heterocycles. The van der Waals surface area contributed by atoms with Crippen molar-refractivity contribution in [1.29, 1.82) is 0 Å². The van der Waals surface area contributed by atoms with Crippen LogP contribution in [0.1, 0.15) is 21.9 Å². The fourth-order valence-electron chi connectivity index (χ4n) is 1.34. The number of hydrogen-bond acceptors (Lipinski definition) is 5. The molecule has 0 aliphatic carbocycles. The van der Waals surface area contributed by atoms with E-state index in [0.717, 1.165) is 22.9 Å². The highest BCUT2D eigenvalue weighted by Gasteiger charge is 2.07. The van der Waals surface area contributed by atoms with E-state index in [0.29, 0.717) is 12.2 Å². The Kier molecular flexibility index (Phi) is 4.35. The topological polar surface area (TPSA) is 99.4 Å². The lowest BCUT2D eigenvalue weighted by Crippen LogP contribution is -2.26. The first-order valence-electron chi connectivity index (χ1n) is 5.48. The summed E-state index contributed by atoms with van der Waals surface area (Å²) in [6.45, 7) is 2.59. The minimum atomic E-state index is -0.208. The van der Waals surface area contributed by atoms with Crippen LogP contribution in [0.5, 0.6) is 0 Å². The van der Waals surface area contributed by atoms with Gasteiger partial charge < -0.3 is 10.3 Å². The normalized spacial score (nSPS) is 10.5. The molecular weight excluding hydrogens is 252 g/mol. The number of carbonyl (C=O) groups excluding carboxylic acids is 1. The van der Waals surface area contributed by atoms with Crippen LogP contribution in [0.25, 0.3) is 0 Å². The van der Waals surface area contributed by atoms with Crippen LogP contribution < -0.4 is 5.32 Å². The summed E-state index contributed by atoms with van der Waals surface area (Å²) in [6, 6.07) is 0. The third-order valence-electron chi connectivity index (χ3n) is 2.35. The minimum absolute atomic E-state index is 0.208. The van der Waals surface area contributed by atoms with E-state index in [9.17, 15) is 4.79 Å². The maximum Gasteiger partial charge on any atom is 0.273 e. The second-order valence-electron chi connectivity index (χ2n) is 3.64. The van der Waals surface area contributed by atoms with Crippen molar-refractivity contribution in [1.82, 2.24) is 30.7 Å². The van der Waals surface area contributed by atoms with Crippen molar-refractivity contribution in [2.75, 3.05) is 12.3 Å². The molecule has 0 aromatic carbocycles. The molecule has 0 saturated carbocycles. The second kappa shape index (κ2) is 6.20. The van der Waals surface area contributed by atoms with Crippen molar-refractivity contribution in [3.05, 3.63) is 29.6 Å². The van der Waals surface area contributed by atoms with Crippen LogP contribution in [-0.2, 0) is 5.75 Å². The Balaban J connectivity index is 1.62. The van der Waals surface area contributed by atoms with Gasteiger partial charge in [-0.25, -0.2) is 4.98 Å². The van der Waals surface area contributed by atoms with Crippen LogP contribution >= 0.6 is 11.8 Å². The van der Waals surface area contributed by atoms with Gasteiger partial charge in [0.05, 0.1) is 18.2 Å². The quantitative estimate of drug-likeness (QED) is 0.661. The van der Waals surface area contributed by atoms with E-state index in [-0.39, 0.29) is 5.91 Å². The molecule has 0 bridgehead atoms. The summed E-state index contributed by atoms with van der Waals surface area (Å²) in [5, 5.41) is 12.4. The van der Waals surface area contributed by atoms with Crippen molar-refractivity contribution >= 4 is 17.7 Å². The van der Waals surface area contributed by atoms with Crippen LogP contribution in [-0.4, -0.2) is 43.6 Å². The zero-order valence-electron chi connectivity index (χ0n) is 9.93. The minimum Gasteiger partial charge on any atom is -0.350 e. The molecular formula is C10H14N6OS. The van der Waals surface area contributed by atoms with Gasteiger partial charge in [-0.2, -0.15) is 27.2 Å². The Labute approximate surface area is 108 Å². The number of nitrogens with one attached hydrogen (secondary N) is 3. The Morgan fingerprint density at radius 1 is 1.56 bits per heavy atom. The first-order chi connectivity index (χ1) is 8.77. The van der Waals surface area contributed by atoms with E-state index in [1.54, 1.807) is 18.1 Å². The Morgan fingerprint density at radius 3 is 3.11 bits per heavy atom. The number of rotatable bonds is 6. The number of amides is 1. The van der Waals surface area contributed by atoms with E-state index < -0.39 is 0 Å². The molecule has 0 unspecified atom stereocenters. The number of imidazole rings is 1. The van der Waals surface area contributed by atoms with Gasteiger partial charge in [0.25, 0.3) is 5.91 Å². The number of aromatic nitrogens is 5. The molecule has 0 aliphatic heterocycles. The van der Waals surface area contributed by atoms with Gasteiger partial charge in [0, 0.05) is 23.7 Å². The van der Waals surface area contributed by atoms with Crippen LogP contribution in [0.4, 0.5) is 0 Å². The largest absolute Gasteiger partial charge is 0.350 e. The predicted molar refractivity (Wildman–Crippen MR) is 68.2 cm³/mol. The van der Waals surface area contributed by atoms with Crippen molar-refractivity contribution in [2.24, 2.45) is 0 Å². The smallest absolute Gasteiger partial charge is 0.273 e. The first-order valence-corrected chi connectivity index (χ1v) is 6.63. The predicted octanol–water partition coefficient (Wildman–Crippen LogP) is 0.499. The molecule has 2 rings (SSSR count). The summed E-state index contributed by atoms with van der Waals surface area (Å²) in [5.74, 6) is 1.46. The van der Waals surface area contributed by atoms with Gasteiger partial charge in [-0.3, -0.25) is 4.79 Å². The van der Waals surface area contributed by atoms with Gasteiger partial charge in [0.2, 0.25) is 0 Å². The summed E-state index contributed by atoms with van der Waals surface area (Å²) in [4.78, 5) is 18.7. The van der Waals surface area contributed by atoms with E-state index >= 15 is 0 Å². The highest BCUT2D eigenvalue weighted by Crippen LogP contribution is 2.11. The first kappa shape index (κ1) is 12.6. The average Bonchev–Trinajstić information content (AvgIpc) is 3.00. The number of nitrogens with zero attached hydrogens (tertiary/aromatic N) is 3. The molecule has 0 saturated heterocycles. The van der Waals surface area contributed by atoms with E-state index in [4.69, 9.17) is 0 Å². The molecule has 2 aromatic heterocycles. The Hall–Kier alpha value is -1.83. The lowest BCUT2D eigenvalue weighted by Gasteiger charge is -2.02. The van der Waals surface area contributed by atoms with Crippen LogP contribution in [0.3, 0.4) is 0 Å². The molecule has 8 heteroatoms. The van der Waals surface area contributed by atoms with Crippen LogP contribution in [0.15, 0.2) is 12.5 Å². The highest BCUT2D eigenvalue weighted by molar-refractivity contribution is 7.98. The van der Waals surface area contributed by atoms with Gasteiger partial charge >= 0.3 is 0 Å². The van der Waals surface area contributed by atoms with Gasteiger partial charge in [-0.15, -0.1) is 0 Å². The molecule has 18 heavy (non-hydrogen) atoms. The van der Waals surface area contributed by atoms with Crippen molar-refractivity contribution in [3.8, 4) is 0 Å². The summed E-state index contributed by atoms with van der Waals surface area (Å²) in [7, 11) is 0. The molecule has 0 spiro atoms. The van der Waals surface area contributed by atoms with Gasteiger partial charge in [-0.05, 0) is 6.92 Å². The average molecular weight is 266 g/mol. The van der Waals surface area contributed by atoms with E-state index in [1.807, 2.05) is 6.92 Å². The zero-order valence-corrected chi connectivity index (χ0v) is 10.8. The molecule has 1 amide bonds. The third-order valence-corrected chi connectivity index (χ3v) is 3.32. The number of hydrogen-bond donors (Lipinski definition) is 3. The summed E-state index contributed by atoms with van der Waals surface area (Å²) in [5.41, 5.74) is 2.46. The van der Waals surface area contributed by atoms with E-state index in [1.165, 1.54) is 6.20 Å². The monoisotopic (exact) mass is 266 g/mol. The molecule has 96 valence electrons. The number of aromatic amines is 2. The van der Waals surface area contributed by atoms with Crippen LogP contribution in [0.2, 0.25) is 0 Å². The molecule has 0 atom stereocenters. The fourth-order valence-corrected chi connectivity index (χ4v) is 2.21. The van der Waals surface area contributed by atoms with Crippen molar-refractivity contribution in [3.63, 3.8) is 0 Å². The summed E-state index contributed by atoms with van der Waals surface area (Å²) in [6.07, 6.45) is 3.09. The standard InChI is InChI=1S/C10H14N6OS/c1-7-9(13-6-12-7)5-18-3-2-11-10(17)8-4-14-16-15-8/h4,6H,2-3,5H2,1H3,(H,11,17)(H,12,13)(H,14,15,16). The Morgan fingerprint density at radius 2 is 2.44 bits per heavy atom. The molecule has 0 radical (unpaired) electrons. The highest BCUT2D eigenvalue weighted by atomic mass is 32.2. The lowest BCUT2D eigenvalue weighted by molar-refractivity contribution is 0.0951. The maximum absolute atomic E-state index is 11.5. The van der Waals surface area contributed by atoms with Crippen LogP contribution in [0, 0.1) is 6.92 Å². The second-order valence-corrected chi connectivity index (χ2v) is 4.74. The zero-order chi connectivity index (χ0) is 12.8. The van der Waals surface area contributed by atoms with Gasteiger partial charge in [0.15, 0.2) is 5.69 Å². The number of H-pyrrole nitrogens is 2. The van der Waals surface area contributed by atoms with Crippen molar-refractivity contribution in [2.45, 2.75) is 12.7 Å². The Bertz CT molecular complexity index is 494. The SMILES string of the molecule is Cc1[nH]cnc1CSCCNC(=O)c1cn[nH]n1. The number of thioether (sulfide) groups is 1. The molecule has 2 aromatic rings. The number of aryl methyl sites for hydroxylation is 1. The molecule has 7 nitrogen and oxygen atoms in total. The third kappa shape index (κ3) is 3.33. The molecule has 0 aliphatic rings. The van der Waals surface area contributed by atoms with Gasteiger partial charge in [0.1, 0.15) is 0 Å². The van der Waals surface area contributed by atoms with E-state index in [2.05, 4.69) is 30.7 Å². The van der Waals surface area contributed by atoms with Gasteiger partial charge in [-0.1, -0.05) is 0 Å². The molecule has 3 N–H and O–H groups in total. The number of carbonyl (C=O) groups is 1. The summed E-state index contributed by atoms with van der Waals surface area (Å²) < 4.78 is 0. The maximum atomic E-state index is 11.5. The summed E-state index contributed by atoms with van der Waals surface area (Å²) >= 11 is 1.72. The fraction of sp³-hybridized carbons (Fsp3) is 0.400. The van der Waals surface area contributed by atoms with Crippen molar-refractivity contribution < 1.29 is 4.79 Å². The molecule has 0 fully saturated rings. The lowest BCUT2D eigenvalue weighted by atomic mass is 10.4.